The average molecular weight is 457 g/mol. The highest BCUT2D eigenvalue weighted by Gasteiger charge is 2.24. The van der Waals surface area contributed by atoms with Crippen LogP contribution in [-0.2, 0) is 14.8 Å². The molecule has 0 unspecified atom stereocenters. The maximum atomic E-state index is 13.2. The van der Waals surface area contributed by atoms with Crippen LogP contribution in [0.2, 0.25) is 0 Å². The number of sulfonamides is 1. The van der Waals surface area contributed by atoms with Crippen molar-refractivity contribution in [2.45, 2.75) is 4.90 Å². The fraction of sp³-hybridized carbons (Fsp3) is 0.0952. The molecule has 0 spiro atoms. The van der Waals surface area contributed by atoms with Crippen LogP contribution in [0.15, 0.2) is 66.0 Å². The van der Waals surface area contributed by atoms with Crippen molar-refractivity contribution in [1.82, 2.24) is 9.97 Å². The van der Waals surface area contributed by atoms with E-state index in [1.807, 2.05) is 0 Å². The van der Waals surface area contributed by atoms with Crippen LogP contribution in [0.3, 0.4) is 0 Å². The van der Waals surface area contributed by atoms with Crippen LogP contribution in [-0.4, -0.2) is 43.7 Å². The van der Waals surface area contributed by atoms with Gasteiger partial charge in [0.2, 0.25) is 5.88 Å². The zero-order valence-electron chi connectivity index (χ0n) is 17.1. The molecule has 11 heteroatoms. The molecule has 32 heavy (non-hydrogen) atoms. The van der Waals surface area contributed by atoms with Crippen molar-refractivity contribution in [3.63, 3.8) is 0 Å². The first-order chi connectivity index (χ1) is 15.3. The van der Waals surface area contributed by atoms with Crippen LogP contribution >= 0.6 is 0 Å². The number of carboxylic acids is 1. The molecule has 0 atom stereocenters. The lowest BCUT2D eigenvalue weighted by Crippen LogP contribution is -2.15. The van der Waals surface area contributed by atoms with Gasteiger partial charge in [0.15, 0.2) is 11.5 Å². The summed E-state index contributed by atoms with van der Waals surface area (Å²) >= 11 is 0. The first-order valence-electron chi connectivity index (χ1n) is 9.06. The summed E-state index contributed by atoms with van der Waals surface area (Å²) < 4.78 is 44.8. The number of ether oxygens (including phenoxy) is 3. The molecule has 0 saturated carbocycles. The summed E-state index contributed by atoms with van der Waals surface area (Å²) in [7, 11) is -1.51. The van der Waals surface area contributed by atoms with Crippen LogP contribution in [0.4, 0.5) is 5.69 Å². The molecule has 2 N–H and O–H groups in total. The molecule has 0 amide bonds. The van der Waals surface area contributed by atoms with E-state index in [2.05, 4.69) is 14.7 Å². The van der Waals surface area contributed by atoms with Gasteiger partial charge in [-0.15, -0.1) is 0 Å². The number of carboxylic acid groups (broad SMARTS) is 1. The lowest BCUT2D eigenvalue weighted by Gasteiger charge is -2.16. The maximum absolute atomic E-state index is 13.2. The minimum Gasteiger partial charge on any atom is -0.493 e. The molecule has 0 aliphatic rings. The van der Waals surface area contributed by atoms with Crippen molar-refractivity contribution in [2.75, 3.05) is 18.9 Å². The number of carbonyl (C=O) groups is 1. The molecule has 3 aromatic rings. The van der Waals surface area contributed by atoms with Crippen molar-refractivity contribution in [2.24, 2.45) is 0 Å². The van der Waals surface area contributed by atoms with Crippen molar-refractivity contribution in [3.05, 3.63) is 66.6 Å². The van der Waals surface area contributed by atoms with Gasteiger partial charge >= 0.3 is 5.97 Å². The third-order valence-corrected chi connectivity index (χ3v) is 5.41. The monoisotopic (exact) mass is 457 g/mol. The molecule has 1 aromatic heterocycles. The van der Waals surface area contributed by atoms with E-state index in [0.29, 0.717) is 11.3 Å². The molecular formula is C21H19N3O7S. The number of hydrogen-bond acceptors (Lipinski definition) is 8. The Morgan fingerprint density at radius 1 is 1.12 bits per heavy atom. The Hall–Kier alpha value is -4.12. The van der Waals surface area contributed by atoms with Crippen LogP contribution in [0.5, 0.6) is 23.1 Å². The van der Waals surface area contributed by atoms with E-state index in [9.17, 15) is 13.2 Å². The maximum Gasteiger partial charge on any atom is 0.328 e. The van der Waals surface area contributed by atoms with Gasteiger partial charge in [-0.2, -0.15) is 0 Å². The molecule has 166 valence electrons. The predicted molar refractivity (Wildman–Crippen MR) is 116 cm³/mol. The SMILES string of the molecule is COc1cc(C=CC(=O)O)cc(S(=O)(=O)Nc2cccc(Oc3cnccn3)c2)c1OC. The van der Waals surface area contributed by atoms with Crippen LogP contribution in [0, 0.1) is 0 Å². The molecule has 0 radical (unpaired) electrons. The topological polar surface area (TPSA) is 137 Å². The van der Waals surface area contributed by atoms with E-state index >= 15 is 0 Å². The Kier molecular flexibility index (Phi) is 6.90. The van der Waals surface area contributed by atoms with Crippen molar-refractivity contribution < 1.29 is 32.5 Å². The Morgan fingerprint density at radius 3 is 2.59 bits per heavy atom. The second-order valence-electron chi connectivity index (χ2n) is 6.21. The number of nitrogens with zero attached hydrogens (tertiary/aromatic N) is 2. The third-order valence-electron chi connectivity index (χ3n) is 4.02. The largest absolute Gasteiger partial charge is 0.493 e. The second-order valence-corrected chi connectivity index (χ2v) is 7.86. The smallest absolute Gasteiger partial charge is 0.328 e. The summed E-state index contributed by atoms with van der Waals surface area (Å²) in [4.78, 5) is 18.5. The van der Waals surface area contributed by atoms with Gasteiger partial charge < -0.3 is 19.3 Å². The molecule has 0 aliphatic carbocycles. The summed E-state index contributed by atoms with van der Waals surface area (Å²) in [6, 6.07) is 9.00. The molecule has 0 saturated heterocycles. The Balaban J connectivity index is 1.96. The van der Waals surface area contributed by atoms with Crippen LogP contribution in [0.1, 0.15) is 5.56 Å². The molecule has 2 aromatic carbocycles. The van der Waals surface area contributed by atoms with E-state index in [0.717, 1.165) is 6.08 Å². The van der Waals surface area contributed by atoms with E-state index in [4.69, 9.17) is 19.3 Å². The molecule has 0 fully saturated rings. The van der Waals surface area contributed by atoms with E-state index in [1.54, 1.807) is 18.2 Å². The number of nitrogens with one attached hydrogen (secondary N) is 1. The minimum atomic E-state index is -4.16. The van der Waals surface area contributed by atoms with Gasteiger partial charge in [0, 0.05) is 24.5 Å². The Morgan fingerprint density at radius 2 is 1.94 bits per heavy atom. The number of benzene rings is 2. The van der Waals surface area contributed by atoms with Crippen molar-refractivity contribution in [3.8, 4) is 23.1 Å². The second kappa shape index (κ2) is 9.79. The Labute approximate surface area is 184 Å². The zero-order valence-corrected chi connectivity index (χ0v) is 17.9. The number of anilines is 1. The number of aromatic nitrogens is 2. The Bertz CT molecular complexity index is 1250. The highest BCUT2D eigenvalue weighted by atomic mass is 32.2. The number of hydrogen-bond donors (Lipinski definition) is 2. The highest BCUT2D eigenvalue weighted by Crippen LogP contribution is 2.37. The van der Waals surface area contributed by atoms with Gasteiger partial charge in [0.25, 0.3) is 10.0 Å². The highest BCUT2D eigenvalue weighted by molar-refractivity contribution is 7.92. The summed E-state index contributed by atoms with van der Waals surface area (Å²) in [6.07, 6.45) is 6.52. The predicted octanol–water partition coefficient (Wildman–Crippen LogP) is 3.18. The van der Waals surface area contributed by atoms with Gasteiger partial charge in [-0.3, -0.25) is 9.71 Å². The summed E-state index contributed by atoms with van der Waals surface area (Å²) in [5, 5.41) is 8.86. The first-order valence-corrected chi connectivity index (χ1v) is 10.5. The molecule has 10 nitrogen and oxygen atoms in total. The zero-order chi connectivity index (χ0) is 23.1. The van der Waals surface area contributed by atoms with Crippen molar-refractivity contribution in [1.29, 1.82) is 0 Å². The standard InChI is InChI=1S/C21H19N3O7S/c1-29-17-10-14(6-7-20(25)26)11-18(21(17)30-2)32(27,28)24-15-4-3-5-16(12-15)31-19-13-22-8-9-23-19/h3-13,24H,1-2H3,(H,25,26). The number of methoxy groups -OCH3 is 2. The van der Waals surface area contributed by atoms with Gasteiger partial charge in [-0.05, 0) is 35.9 Å². The van der Waals surface area contributed by atoms with Crippen LogP contribution < -0.4 is 18.9 Å². The van der Waals surface area contributed by atoms with E-state index in [1.165, 1.54) is 57.1 Å². The van der Waals surface area contributed by atoms with Crippen molar-refractivity contribution >= 4 is 27.8 Å². The van der Waals surface area contributed by atoms with Gasteiger partial charge in [-0.1, -0.05) is 6.07 Å². The number of rotatable bonds is 9. The van der Waals surface area contributed by atoms with E-state index in [-0.39, 0.29) is 28.0 Å². The minimum absolute atomic E-state index is 0.0283. The summed E-state index contributed by atoms with van der Waals surface area (Å²) in [5.41, 5.74) is 0.518. The lowest BCUT2D eigenvalue weighted by atomic mass is 10.2. The fourth-order valence-electron chi connectivity index (χ4n) is 2.71. The fourth-order valence-corrected chi connectivity index (χ4v) is 3.97. The first kappa shape index (κ1) is 22.6. The van der Waals surface area contributed by atoms with Crippen LogP contribution in [0.25, 0.3) is 6.08 Å². The molecule has 3 rings (SSSR count). The molecule has 1 heterocycles. The van der Waals surface area contributed by atoms with Gasteiger partial charge in [0.1, 0.15) is 10.6 Å². The van der Waals surface area contributed by atoms with Gasteiger partial charge in [0.05, 0.1) is 26.1 Å². The quantitative estimate of drug-likeness (QED) is 0.464. The van der Waals surface area contributed by atoms with E-state index < -0.39 is 16.0 Å². The summed E-state index contributed by atoms with van der Waals surface area (Å²) in [5.74, 6) is -0.493. The lowest BCUT2D eigenvalue weighted by molar-refractivity contribution is -0.131. The molecule has 0 aliphatic heterocycles. The molecular weight excluding hydrogens is 438 g/mol. The number of aliphatic carboxylic acids is 1. The molecule has 0 bridgehead atoms. The van der Waals surface area contributed by atoms with Gasteiger partial charge in [-0.25, -0.2) is 18.2 Å². The summed E-state index contributed by atoms with van der Waals surface area (Å²) in [6.45, 7) is 0. The average Bonchev–Trinajstić information content (AvgIpc) is 2.77. The normalized spacial score (nSPS) is 11.2. The third kappa shape index (κ3) is 5.52.